The third-order valence-corrected chi connectivity index (χ3v) is 7.18. The molecule has 0 unspecified atom stereocenters. The number of hydrogen-bond acceptors (Lipinski definition) is 11. The highest BCUT2D eigenvalue weighted by molar-refractivity contribution is 7.80. The molecule has 1 saturated heterocycles. The Morgan fingerprint density at radius 3 is 2.09 bits per heavy atom. The van der Waals surface area contributed by atoms with Gasteiger partial charge in [-0.05, 0) is 54.0 Å². The molecule has 2 amide bonds. The average molecular weight is 614 g/mol. The lowest BCUT2D eigenvalue weighted by Gasteiger charge is -2.29. The SMILES string of the molecule is COc1ccc(COc2cnc(NN[C@H]3C=C(C)[C@@H]4CN3C(=O)N4OS(=O)(=O)O)cc2OCc2ccc(OC)cc2)cc1. The van der Waals surface area contributed by atoms with E-state index in [-0.39, 0.29) is 19.8 Å². The normalized spacial score (nSPS) is 17.9. The van der Waals surface area contributed by atoms with Crippen LogP contribution in [0.4, 0.5) is 10.6 Å². The van der Waals surface area contributed by atoms with Crippen LogP contribution in [0, 0.1) is 0 Å². The number of methoxy groups -OCH3 is 2. The molecule has 2 aliphatic rings. The van der Waals surface area contributed by atoms with Crippen LogP contribution in [0.2, 0.25) is 0 Å². The molecule has 0 saturated carbocycles. The van der Waals surface area contributed by atoms with Gasteiger partial charge >= 0.3 is 16.4 Å². The van der Waals surface area contributed by atoms with Gasteiger partial charge < -0.3 is 24.4 Å². The zero-order valence-electron chi connectivity index (χ0n) is 23.6. The largest absolute Gasteiger partial charge is 0.497 e. The van der Waals surface area contributed by atoms with E-state index in [0.717, 1.165) is 22.6 Å². The van der Waals surface area contributed by atoms with E-state index in [2.05, 4.69) is 20.1 Å². The van der Waals surface area contributed by atoms with Crippen LogP contribution < -0.4 is 29.8 Å². The van der Waals surface area contributed by atoms with E-state index in [1.165, 1.54) is 11.1 Å². The van der Waals surface area contributed by atoms with Crippen LogP contribution >= 0.6 is 0 Å². The lowest BCUT2D eigenvalue weighted by atomic mass is 10.1. The Hall–Kier alpha value is -4.57. The average Bonchev–Trinajstić information content (AvgIpc) is 3.28. The summed E-state index contributed by atoms with van der Waals surface area (Å²) < 4.78 is 58.7. The van der Waals surface area contributed by atoms with Crippen LogP contribution in [0.1, 0.15) is 18.1 Å². The Balaban J connectivity index is 1.29. The standard InChI is InChI=1S/C28H31N5O9S/c1-18-12-27(32-15-23(18)33(28(32)34)42-43(35,36)37)31-30-26-13-24(40-16-19-4-8-21(38-2)9-5-19)25(14-29-26)41-17-20-6-10-22(39-3)11-7-20/h4-14,23,27,31H,15-17H2,1-3H3,(H,29,30)(H,35,36,37)/t23-,27+/m0/s1. The number of hydroxylamine groups is 2. The molecule has 2 aliphatic heterocycles. The van der Waals surface area contributed by atoms with E-state index in [0.29, 0.717) is 28.0 Å². The molecule has 3 N–H and O–H groups in total. The molecular formula is C28H31N5O9S. The summed E-state index contributed by atoms with van der Waals surface area (Å²) in [5, 5.41) is 0.640. The van der Waals surface area contributed by atoms with Crippen molar-refractivity contribution in [3.05, 3.63) is 83.6 Å². The van der Waals surface area contributed by atoms with Gasteiger partial charge in [-0.25, -0.2) is 15.2 Å². The highest BCUT2D eigenvalue weighted by atomic mass is 32.3. The summed E-state index contributed by atoms with van der Waals surface area (Å²) in [5.74, 6) is 2.68. The zero-order valence-corrected chi connectivity index (χ0v) is 24.4. The van der Waals surface area contributed by atoms with E-state index in [1.807, 2.05) is 48.5 Å². The predicted octanol–water partition coefficient (Wildman–Crippen LogP) is 3.30. The van der Waals surface area contributed by atoms with E-state index in [4.69, 9.17) is 23.5 Å². The summed E-state index contributed by atoms with van der Waals surface area (Å²) in [5.41, 5.74) is 8.49. The van der Waals surface area contributed by atoms with Crippen LogP contribution in [0.3, 0.4) is 0 Å². The van der Waals surface area contributed by atoms with Gasteiger partial charge in [-0.2, -0.15) is 13.5 Å². The molecule has 2 aromatic carbocycles. The molecule has 2 bridgehead atoms. The monoisotopic (exact) mass is 613 g/mol. The summed E-state index contributed by atoms with van der Waals surface area (Å²) in [7, 11) is -1.67. The molecule has 2 atom stereocenters. The molecule has 43 heavy (non-hydrogen) atoms. The minimum atomic E-state index is -4.87. The number of hydrogen-bond donors (Lipinski definition) is 3. The van der Waals surface area contributed by atoms with Gasteiger partial charge in [0.25, 0.3) is 0 Å². The van der Waals surface area contributed by atoms with Crippen molar-refractivity contribution in [2.45, 2.75) is 32.3 Å². The highest BCUT2D eigenvalue weighted by Gasteiger charge is 2.47. The van der Waals surface area contributed by atoms with Crippen LogP contribution in [0.15, 0.2) is 72.4 Å². The molecule has 3 heterocycles. The molecule has 0 aliphatic carbocycles. The molecule has 14 nitrogen and oxygen atoms in total. The minimum Gasteiger partial charge on any atom is -0.497 e. The van der Waals surface area contributed by atoms with Gasteiger partial charge in [0, 0.05) is 6.07 Å². The zero-order chi connectivity index (χ0) is 30.6. The van der Waals surface area contributed by atoms with Crippen molar-refractivity contribution in [2.75, 3.05) is 26.2 Å². The van der Waals surface area contributed by atoms with Crippen molar-refractivity contribution in [1.82, 2.24) is 20.4 Å². The van der Waals surface area contributed by atoms with Crippen molar-refractivity contribution in [1.29, 1.82) is 0 Å². The Morgan fingerprint density at radius 2 is 1.53 bits per heavy atom. The third kappa shape index (κ3) is 7.26. The maximum Gasteiger partial charge on any atom is 0.418 e. The number of ether oxygens (including phenoxy) is 4. The first-order valence-corrected chi connectivity index (χ1v) is 14.5. The van der Waals surface area contributed by atoms with Crippen LogP contribution in [0.25, 0.3) is 0 Å². The Morgan fingerprint density at radius 1 is 0.953 bits per heavy atom. The number of carbonyl (C=O) groups excluding carboxylic acids is 1. The number of pyridine rings is 1. The first-order chi connectivity index (χ1) is 20.6. The van der Waals surface area contributed by atoms with Gasteiger partial charge in [-0.15, -0.1) is 4.28 Å². The predicted molar refractivity (Wildman–Crippen MR) is 154 cm³/mol. The van der Waals surface area contributed by atoms with Gasteiger partial charge in [0.2, 0.25) is 0 Å². The topological polar surface area (TPSA) is 161 Å². The molecule has 228 valence electrons. The second kappa shape index (κ2) is 12.7. The second-order valence-electron chi connectivity index (χ2n) is 9.69. The summed E-state index contributed by atoms with van der Waals surface area (Å²) in [6, 6.07) is 15.2. The van der Waals surface area contributed by atoms with Gasteiger partial charge in [0.15, 0.2) is 11.5 Å². The van der Waals surface area contributed by atoms with Gasteiger partial charge in [-0.3, -0.25) is 9.45 Å². The van der Waals surface area contributed by atoms with E-state index >= 15 is 0 Å². The summed E-state index contributed by atoms with van der Waals surface area (Å²) in [4.78, 5) is 18.6. The van der Waals surface area contributed by atoms with Crippen molar-refractivity contribution >= 4 is 22.2 Å². The van der Waals surface area contributed by atoms with Crippen molar-refractivity contribution in [2.24, 2.45) is 0 Å². The fourth-order valence-corrected chi connectivity index (χ4v) is 4.91. The molecule has 1 aromatic heterocycles. The van der Waals surface area contributed by atoms with Crippen LogP contribution in [-0.2, 0) is 27.9 Å². The van der Waals surface area contributed by atoms with E-state index in [1.54, 1.807) is 33.3 Å². The number of benzene rings is 2. The van der Waals surface area contributed by atoms with Gasteiger partial charge in [-0.1, -0.05) is 24.3 Å². The highest BCUT2D eigenvalue weighted by Crippen LogP contribution is 2.32. The van der Waals surface area contributed by atoms with Gasteiger partial charge in [0.1, 0.15) is 42.7 Å². The molecule has 15 heteroatoms. The summed E-state index contributed by atoms with van der Waals surface area (Å²) >= 11 is 0. The second-order valence-corrected chi connectivity index (χ2v) is 10.7. The number of urea groups is 1. The molecule has 3 aromatic rings. The molecule has 5 rings (SSSR count). The number of carbonyl (C=O) groups is 1. The van der Waals surface area contributed by atoms with Crippen molar-refractivity contribution in [3.8, 4) is 23.0 Å². The number of aromatic nitrogens is 1. The maximum atomic E-state index is 12.8. The first kappa shape index (κ1) is 29.9. The first-order valence-electron chi connectivity index (χ1n) is 13.1. The van der Waals surface area contributed by atoms with Crippen molar-refractivity contribution < 1.29 is 41.0 Å². The summed E-state index contributed by atoms with van der Waals surface area (Å²) in [6.45, 7) is 2.39. The van der Waals surface area contributed by atoms with Crippen LogP contribution in [-0.4, -0.2) is 66.9 Å². The lowest BCUT2D eigenvalue weighted by Crippen LogP contribution is -2.49. The number of rotatable bonds is 13. The smallest absolute Gasteiger partial charge is 0.418 e. The fourth-order valence-electron chi connectivity index (χ4n) is 4.54. The van der Waals surface area contributed by atoms with Gasteiger partial charge in [0.05, 0.1) is 27.0 Å². The van der Waals surface area contributed by atoms with E-state index < -0.39 is 28.6 Å². The summed E-state index contributed by atoms with van der Waals surface area (Å²) in [6.07, 6.45) is 2.59. The number of hydrazine groups is 1. The Kier molecular flexibility index (Phi) is 8.86. The molecule has 0 spiro atoms. The third-order valence-electron chi connectivity index (χ3n) is 6.83. The Bertz CT molecular complexity index is 1580. The number of fused-ring (bicyclic) bond motifs is 2. The fraction of sp³-hybridized carbons (Fsp3) is 0.286. The van der Waals surface area contributed by atoms with Crippen LogP contribution in [0.5, 0.6) is 23.0 Å². The quantitative estimate of drug-likeness (QED) is 0.147. The molecular weight excluding hydrogens is 582 g/mol. The van der Waals surface area contributed by atoms with E-state index in [9.17, 15) is 13.2 Å². The Labute approximate surface area is 248 Å². The maximum absolute atomic E-state index is 12.8. The number of nitrogens with zero attached hydrogens (tertiary/aromatic N) is 3. The number of nitrogens with one attached hydrogen (secondary N) is 2. The lowest BCUT2D eigenvalue weighted by molar-refractivity contribution is -0.0212. The minimum absolute atomic E-state index is 0.151. The molecule has 1 fully saturated rings. The van der Waals surface area contributed by atoms with Crippen molar-refractivity contribution in [3.63, 3.8) is 0 Å². The number of anilines is 1. The number of amides is 2. The molecule has 0 radical (unpaired) electrons.